The minimum absolute atomic E-state index is 0.223. The minimum atomic E-state index is -1.10. The molecule has 172 valence electrons. The van der Waals surface area contributed by atoms with Crippen LogP contribution in [0.25, 0.3) is 11.5 Å². The summed E-state index contributed by atoms with van der Waals surface area (Å²) >= 11 is 0. The molecule has 3 N–H and O–H groups in total. The zero-order chi connectivity index (χ0) is 23.1. The minimum Gasteiger partial charge on any atom is -0.466 e. The van der Waals surface area contributed by atoms with Crippen molar-refractivity contribution in [2.45, 2.75) is 53.1 Å². The van der Waals surface area contributed by atoms with Crippen LogP contribution in [0.15, 0.2) is 44.3 Å². The average Bonchev–Trinajstić information content (AvgIpc) is 3.39. The van der Waals surface area contributed by atoms with Crippen LogP contribution in [-0.2, 0) is 18.4 Å². The van der Waals surface area contributed by atoms with E-state index in [0.717, 1.165) is 42.0 Å². The van der Waals surface area contributed by atoms with E-state index in [4.69, 9.17) is 8.94 Å². The van der Waals surface area contributed by atoms with Gasteiger partial charge in [0.2, 0.25) is 0 Å². The highest BCUT2D eigenvalue weighted by Crippen LogP contribution is 2.27. The first-order valence-electron chi connectivity index (χ1n) is 11.1. The molecule has 1 atom stereocenters. The van der Waals surface area contributed by atoms with Crippen molar-refractivity contribution in [3.63, 3.8) is 0 Å². The van der Waals surface area contributed by atoms with Gasteiger partial charge in [-0.2, -0.15) is 4.98 Å². The van der Waals surface area contributed by atoms with E-state index < -0.39 is 5.60 Å². The SMILES string of the molecule is CCNC(=NCC(C)(O)c1cc(C)oc1C)NCCc1ccc(-c2nc(CC)no2)cc1. The van der Waals surface area contributed by atoms with Crippen LogP contribution in [-0.4, -0.2) is 40.8 Å². The maximum absolute atomic E-state index is 10.9. The fraction of sp³-hybridized carbons (Fsp3) is 0.458. The molecular weight excluding hydrogens is 406 g/mol. The van der Waals surface area contributed by atoms with Crippen LogP contribution in [0, 0.1) is 13.8 Å². The number of aryl methyl sites for hydroxylation is 3. The Labute approximate surface area is 189 Å². The summed E-state index contributed by atoms with van der Waals surface area (Å²) in [5.74, 6) is 3.42. The van der Waals surface area contributed by atoms with Gasteiger partial charge in [-0.05, 0) is 57.9 Å². The summed E-state index contributed by atoms with van der Waals surface area (Å²) in [4.78, 5) is 8.95. The standard InChI is InChI=1S/C24H33N5O3/c1-6-21-28-22(32-29-21)19-10-8-18(9-11-19)12-13-26-23(25-7-2)27-15-24(5,30)20-14-16(3)31-17(20)4/h8-11,14,30H,6-7,12-13,15H2,1-5H3,(H2,25,26,27). The third kappa shape index (κ3) is 5.97. The van der Waals surface area contributed by atoms with Crippen molar-refractivity contribution in [2.75, 3.05) is 19.6 Å². The molecule has 3 rings (SSSR count). The topological polar surface area (TPSA) is 109 Å². The Bertz CT molecular complexity index is 1030. The molecule has 8 heteroatoms. The zero-order valence-electron chi connectivity index (χ0n) is 19.5. The van der Waals surface area contributed by atoms with Gasteiger partial charge in [0, 0.05) is 30.6 Å². The van der Waals surface area contributed by atoms with E-state index in [0.29, 0.717) is 24.2 Å². The Morgan fingerprint density at radius 1 is 1.16 bits per heavy atom. The van der Waals surface area contributed by atoms with Crippen LogP contribution in [0.3, 0.4) is 0 Å². The maximum Gasteiger partial charge on any atom is 0.257 e. The Balaban J connectivity index is 1.56. The van der Waals surface area contributed by atoms with Crippen molar-refractivity contribution < 1.29 is 14.0 Å². The summed E-state index contributed by atoms with van der Waals surface area (Å²) in [5.41, 5.74) is 1.76. The normalized spacial score (nSPS) is 13.8. The van der Waals surface area contributed by atoms with E-state index in [-0.39, 0.29) is 6.54 Å². The lowest BCUT2D eigenvalue weighted by atomic mass is 9.96. The molecule has 1 unspecified atom stereocenters. The number of benzene rings is 1. The highest BCUT2D eigenvalue weighted by atomic mass is 16.5. The molecule has 0 fully saturated rings. The lowest BCUT2D eigenvalue weighted by Gasteiger charge is -2.21. The van der Waals surface area contributed by atoms with E-state index in [9.17, 15) is 5.11 Å². The Kier molecular flexibility index (Phi) is 7.69. The van der Waals surface area contributed by atoms with Crippen LogP contribution >= 0.6 is 0 Å². The molecule has 0 radical (unpaired) electrons. The second-order valence-corrected chi connectivity index (χ2v) is 8.04. The molecule has 0 spiro atoms. The van der Waals surface area contributed by atoms with Crippen molar-refractivity contribution in [2.24, 2.45) is 4.99 Å². The molecule has 2 aromatic heterocycles. The summed E-state index contributed by atoms with van der Waals surface area (Å²) < 4.78 is 10.9. The first-order valence-corrected chi connectivity index (χ1v) is 11.1. The monoisotopic (exact) mass is 439 g/mol. The number of guanidine groups is 1. The predicted octanol–water partition coefficient (Wildman–Crippen LogP) is 3.51. The highest BCUT2D eigenvalue weighted by molar-refractivity contribution is 5.79. The van der Waals surface area contributed by atoms with Crippen LogP contribution in [0.2, 0.25) is 0 Å². The number of furan rings is 1. The van der Waals surface area contributed by atoms with Crippen LogP contribution < -0.4 is 10.6 Å². The first kappa shape index (κ1) is 23.5. The molecule has 0 amide bonds. The van der Waals surface area contributed by atoms with E-state index in [1.807, 2.05) is 45.9 Å². The molecule has 8 nitrogen and oxygen atoms in total. The van der Waals surface area contributed by atoms with Crippen molar-refractivity contribution in [3.05, 3.63) is 58.8 Å². The van der Waals surface area contributed by atoms with E-state index in [2.05, 4.69) is 37.9 Å². The molecule has 2 heterocycles. The average molecular weight is 440 g/mol. The van der Waals surface area contributed by atoms with Gasteiger partial charge >= 0.3 is 0 Å². The van der Waals surface area contributed by atoms with Crippen molar-refractivity contribution in [3.8, 4) is 11.5 Å². The fourth-order valence-corrected chi connectivity index (χ4v) is 3.48. The number of aromatic nitrogens is 2. The van der Waals surface area contributed by atoms with Crippen molar-refractivity contribution >= 4 is 5.96 Å². The summed E-state index contributed by atoms with van der Waals surface area (Å²) in [6.07, 6.45) is 1.57. The van der Waals surface area contributed by atoms with Gasteiger partial charge < -0.3 is 24.7 Å². The molecule has 0 saturated heterocycles. The van der Waals surface area contributed by atoms with Crippen molar-refractivity contribution in [1.82, 2.24) is 20.8 Å². The summed E-state index contributed by atoms with van der Waals surface area (Å²) in [5, 5.41) is 21.4. The molecule has 0 bridgehead atoms. The van der Waals surface area contributed by atoms with Gasteiger partial charge in [-0.15, -0.1) is 0 Å². The number of hydrogen-bond donors (Lipinski definition) is 3. The highest BCUT2D eigenvalue weighted by Gasteiger charge is 2.27. The number of nitrogens with zero attached hydrogens (tertiary/aromatic N) is 3. The summed E-state index contributed by atoms with van der Waals surface area (Å²) in [6, 6.07) is 9.98. The lowest BCUT2D eigenvalue weighted by Crippen LogP contribution is -2.39. The smallest absolute Gasteiger partial charge is 0.257 e. The number of nitrogens with one attached hydrogen (secondary N) is 2. The van der Waals surface area contributed by atoms with Gasteiger partial charge in [-0.25, -0.2) is 4.99 Å². The lowest BCUT2D eigenvalue weighted by molar-refractivity contribution is 0.0657. The maximum atomic E-state index is 10.9. The van der Waals surface area contributed by atoms with Crippen molar-refractivity contribution in [1.29, 1.82) is 0 Å². The third-order valence-corrected chi connectivity index (χ3v) is 5.20. The Hall–Kier alpha value is -3.13. The molecule has 0 aliphatic rings. The molecule has 3 aromatic rings. The molecule has 0 saturated carbocycles. The Morgan fingerprint density at radius 2 is 1.91 bits per heavy atom. The molecule has 32 heavy (non-hydrogen) atoms. The second kappa shape index (κ2) is 10.5. The van der Waals surface area contributed by atoms with Gasteiger partial charge in [0.25, 0.3) is 5.89 Å². The Morgan fingerprint density at radius 3 is 2.50 bits per heavy atom. The molecule has 1 aromatic carbocycles. The van der Waals surface area contributed by atoms with Crippen LogP contribution in [0.1, 0.15) is 49.2 Å². The quantitative estimate of drug-likeness (QED) is 0.346. The fourth-order valence-electron chi connectivity index (χ4n) is 3.48. The zero-order valence-corrected chi connectivity index (χ0v) is 19.5. The van der Waals surface area contributed by atoms with E-state index >= 15 is 0 Å². The van der Waals surface area contributed by atoms with E-state index in [1.165, 1.54) is 5.56 Å². The summed E-state index contributed by atoms with van der Waals surface area (Å²) in [7, 11) is 0. The second-order valence-electron chi connectivity index (χ2n) is 8.04. The van der Waals surface area contributed by atoms with Gasteiger partial charge in [-0.1, -0.05) is 24.2 Å². The largest absolute Gasteiger partial charge is 0.466 e. The summed E-state index contributed by atoms with van der Waals surface area (Å²) in [6.45, 7) is 11.2. The number of aliphatic hydroxyl groups is 1. The predicted molar refractivity (Wildman–Crippen MR) is 125 cm³/mol. The first-order chi connectivity index (χ1) is 15.3. The third-order valence-electron chi connectivity index (χ3n) is 5.20. The molecule has 0 aliphatic carbocycles. The number of aliphatic imine (C=N–C) groups is 1. The number of hydrogen-bond acceptors (Lipinski definition) is 6. The molecule has 0 aliphatic heterocycles. The van der Waals surface area contributed by atoms with Crippen LogP contribution in [0.5, 0.6) is 0 Å². The van der Waals surface area contributed by atoms with Gasteiger partial charge in [0.05, 0.1) is 6.54 Å². The van der Waals surface area contributed by atoms with Gasteiger partial charge in [0.15, 0.2) is 11.8 Å². The van der Waals surface area contributed by atoms with Gasteiger partial charge in [-0.3, -0.25) is 0 Å². The number of rotatable bonds is 9. The van der Waals surface area contributed by atoms with Crippen LogP contribution in [0.4, 0.5) is 0 Å². The molecular formula is C24H33N5O3. The van der Waals surface area contributed by atoms with E-state index in [1.54, 1.807) is 6.92 Å². The van der Waals surface area contributed by atoms with Gasteiger partial charge in [0.1, 0.15) is 17.1 Å².